The lowest BCUT2D eigenvalue weighted by Crippen LogP contribution is -1.94. The standard InChI is InChI=1S/C12H16/c1-3-7-11(2)10-12-8-5-4-6-9-12/h3-9,11H,10H2,1-2H3/b7-3+/t11-/m1/s1. The van der Waals surface area contributed by atoms with Crippen LogP contribution >= 0.6 is 0 Å². The van der Waals surface area contributed by atoms with E-state index in [-0.39, 0.29) is 0 Å². The van der Waals surface area contributed by atoms with Gasteiger partial charge in [0.25, 0.3) is 0 Å². The van der Waals surface area contributed by atoms with E-state index in [1.54, 1.807) is 0 Å². The van der Waals surface area contributed by atoms with Crippen LogP contribution in [0.2, 0.25) is 0 Å². The predicted octanol–water partition coefficient (Wildman–Crippen LogP) is 3.44. The van der Waals surface area contributed by atoms with Crippen molar-refractivity contribution >= 4 is 0 Å². The van der Waals surface area contributed by atoms with Crippen molar-refractivity contribution in [3.05, 3.63) is 48.0 Å². The van der Waals surface area contributed by atoms with Gasteiger partial charge in [0, 0.05) is 0 Å². The number of hydrogen-bond acceptors (Lipinski definition) is 0. The van der Waals surface area contributed by atoms with Crippen LogP contribution in [-0.4, -0.2) is 0 Å². The lowest BCUT2D eigenvalue weighted by atomic mass is 10.0. The van der Waals surface area contributed by atoms with Gasteiger partial charge in [-0.05, 0) is 24.8 Å². The second kappa shape index (κ2) is 4.76. The molecule has 1 rings (SSSR count). The SMILES string of the molecule is C/C=C/[C@@H](C)Cc1ccccc1. The van der Waals surface area contributed by atoms with Crippen LogP contribution in [0.3, 0.4) is 0 Å². The zero-order chi connectivity index (χ0) is 8.81. The normalized spacial score (nSPS) is 13.5. The zero-order valence-corrected chi connectivity index (χ0v) is 7.83. The van der Waals surface area contributed by atoms with E-state index in [2.05, 4.69) is 56.3 Å². The van der Waals surface area contributed by atoms with Crippen molar-refractivity contribution in [3.63, 3.8) is 0 Å². The molecule has 0 heterocycles. The molecule has 0 unspecified atom stereocenters. The maximum Gasteiger partial charge on any atom is -0.0218 e. The largest absolute Gasteiger partial charge is 0.0914 e. The summed E-state index contributed by atoms with van der Waals surface area (Å²) >= 11 is 0. The van der Waals surface area contributed by atoms with E-state index in [9.17, 15) is 0 Å². The molecule has 0 radical (unpaired) electrons. The summed E-state index contributed by atoms with van der Waals surface area (Å²) in [5.74, 6) is 0.650. The minimum absolute atomic E-state index is 0.650. The fourth-order valence-electron chi connectivity index (χ4n) is 1.38. The summed E-state index contributed by atoms with van der Waals surface area (Å²) in [6.45, 7) is 4.31. The van der Waals surface area contributed by atoms with Gasteiger partial charge in [-0.3, -0.25) is 0 Å². The third-order valence-electron chi connectivity index (χ3n) is 1.92. The molecule has 1 aromatic rings. The van der Waals surface area contributed by atoms with Crippen LogP contribution in [0.25, 0.3) is 0 Å². The molecule has 0 N–H and O–H groups in total. The van der Waals surface area contributed by atoms with Crippen molar-refractivity contribution in [1.82, 2.24) is 0 Å². The van der Waals surface area contributed by atoms with E-state index >= 15 is 0 Å². The molecule has 0 nitrogen and oxygen atoms in total. The Hall–Kier alpha value is -1.04. The van der Waals surface area contributed by atoms with Gasteiger partial charge in [-0.2, -0.15) is 0 Å². The van der Waals surface area contributed by atoms with Crippen molar-refractivity contribution in [2.75, 3.05) is 0 Å². The maximum absolute atomic E-state index is 2.24. The van der Waals surface area contributed by atoms with Gasteiger partial charge in [-0.1, -0.05) is 49.4 Å². The molecule has 0 saturated carbocycles. The summed E-state index contributed by atoms with van der Waals surface area (Å²) < 4.78 is 0. The Bertz CT molecular complexity index is 233. The quantitative estimate of drug-likeness (QED) is 0.594. The fraction of sp³-hybridized carbons (Fsp3) is 0.333. The Morgan fingerprint density at radius 3 is 2.50 bits per heavy atom. The van der Waals surface area contributed by atoms with Gasteiger partial charge in [0.05, 0.1) is 0 Å². The molecule has 0 spiro atoms. The highest BCUT2D eigenvalue weighted by Crippen LogP contribution is 2.08. The van der Waals surface area contributed by atoms with Crippen molar-refractivity contribution in [2.45, 2.75) is 20.3 Å². The van der Waals surface area contributed by atoms with E-state index in [1.165, 1.54) is 5.56 Å². The Balaban J connectivity index is 2.52. The summed E-state index contributed by atoms with van der Waals surface area (Å²) in [7, 11) is 0. The van der Waals surface area contributed by atoms with E-state index in [0.717, 1.165) is 6.42 Å². The van der Waals surface area contributed by atoms with Crippen molar-refractivity contribution in [1.29, 1.82) is 0 Å². The number of benzene rings is 1. The first-order valence-electron chi connectivity index (χ1n) is 4.49. The van der Waals surface area contributed by atoms with E-state index < -0.39 is 0 Å². The van der Waals surface area contributed by atoms with Crippen LogP contribution in [0.5, 0.6) is 0 Å². The molecule has 0 aromatic heterocycles. The average molecular weight is 160 g/mol. The highest BCUT2D eigenvalue weighted by molar-refractivity contribution is 5.15. The molecule has 0 aliphatic heterocycles. The second-order valence-corrected chi connectivity index (χ2v) is 3.19. The van der Waals surface area contributed by atoms with Crippen LogP contribution in [0.4, 0.5) is 0 Å². The van der Waals surface area contributed by atoms with Gasteiger partial charge >= 0.3 is 0 Å². The van der Waals surface area contributed by atoms with Crippen molar-refractivity contribution in [2.24, 2.45) is 5.92 Å². The first kappa shape index (κ1) is 9.05. The highest BCUT2D eigenvalue weighted by atomic mass is 14.0. The lowest BCUT2D eigenvalue weighted by Gasteiger charge is -2.04. The van der Waals surface area contributed by atoms with Crippen LogP contribution in [0.15, 0.2) is 42.5 Å². The summed E-state index contributed by atoms with van der Waals surface area (Å²) in [6.07, 6.45) is 5.51. The topological polar surface area (TPSA) is 0 Å². The maximum atomic E-state index is 2.24. The Morgan fingerprint density at radius 2 is 1.92 bits per heavy atom. The second-order valence-electron chi connectivity index (χ2n) is 3.19. The van der Waals surface area contributed by atoms with Crippen LogP contribution in [0.1, 0.15) is 19.4 Å². The molecule has 0 amide bonds. The summed E-state index contributed by atoms with van der Waals surface area (Å²) in [5.41, 5.74) is 1.42. The average Bonchev–Trinajstić information content (AvgIpc) is 2.06. The molecule has 0 saturated heterocycles. The Morgan fingerprint density at radius 1 is 1.25 bits per heavy atom. The van der Waals surface area contributed by atoms with Crippen LogP contribution in [0, 0.1) is 5.92 Å². The molecule has 64 valence electrons. The third kappa shape index (κ3) is 2.91. The van der Waals surface area contributed by atoms with Gasteiger partial charge in [0.2, 0.25) is 0 Å². The zero-order valence-electron chi connectivity index (χ0n) is 7.83. The third-order valence-corrected chi connectivity index (χ3v) is 1.92. The summed E-state index contributed by atoms with van der Waals surface area (Å²) in [6, 6.07) is 10.6. The molecule has 0 aliphatic carbocycles. The first-order valence-corrected chi connectivity index (χ1v) is 4.49. The molecule has 0 fully saturated rings. The smallest absolute Gasteiger partial charge is 0.0218 e. The molecule has 0 heteroatoms. The number of allylic oxidation sites excluding steroid dienone is 2. The van der Waals surface area contributed by atoms with Crippen LogP contribution < -0.4 is 0 Å². The Labute approximate surface area is 74.9 Å². The minimum atomic E-state index is 0.650. The fourth-order valence-corrected chi connectivity index (χ4v) is 1.38. The summed E-state index contributed by atoms with van der Waals surface area (Å²) in [4.78, 5) is 0. The van der Waals surface area contributed by atoms with E-state index in [1.807, 2.05) is 0 Å². The van der Waals surface area contributed by atoms with Gasteiger partial charge in [0.15, 0.2) is 0 Å². The predicted molar refractivity (Wildman–Crippen MR) is 54.1 cm³/mol. The van der Waals surface area contributed by atoms with Gasteiger partial charge in [-0.25, -0.2) is 0 Å². The van der Waals surface area contributed by atoms with E-state index in [4.69, 9.17) is 0 Å². The van der Waals surface area contributed by atoms with Gasteiger partial charge in [-0.15, -0.1) is 0 Å². The number of hydrogen-bond donors (Lipinski definition) is 0. The van der Waals surface area contributed by atoms with Crippen LogP contribution in [-0.2, 0) is 6.42 Å². The molecule has 0 aliphatic rings. The molecule has 1 aromatic carbocycles. The van der Waals surface area contributed by atoms with E-state index in [0.29, 0.717) is 5.92 Å². The van der Waals surface area contributed by atoms with Crippen molar-refractivity contribution < 1.29 is 0 Å². The summed E-state index contributed by atoms with van der Waals surface area (Å²) in [5, 5.41) is 0. The molecule has 12 heavy (non-hydrogen) atoms. The lowest BCUT2D eigenvalue weighted by molar-refractivity contribution is 0.722. The van der Waals surface area contributed by atoms with Crippen molar-refractivity contribution in [3.8, 4) is 0 Å². The molecular weight excluding hydrogens is 144 g/mol. The molecule has 1 atom stereocenters. The first-order chi connectivity index (χ1) is 5.83. The molecular formula is C12H16. The number of rotatable bonds is 3. The Kier molecular flexibility index (Phi) is 3.59. The monoisotopic (exact) mass is 160 g/mol. The highest BCUT2D eigenvalue weighted by Gasteiger charge is 1.97. The molecule has 0 bridgehead atoms. The van der Waals surface area contributed by atoms with Gasteiger partial charge < -0.3 is 0 Å². The van der Waals surface area contributed by atoms with Gasteiger partial charge in [0.1, 0.15) is 0 Å². The minimum Gasteiger partial charge on any atom is -0.0914 e.